The van der Waals surface area contributed by atoms with E-state index in [1.54, 1.807) is 36.4 Å². The Morgan fingerprint density at radius 2 is 1.61 bits per heavy atom. The van der Waals surface area contributed by atoms with Gasteiger partial charge in [0.05, 0.1) is 24.8 Å². The monoisotopic (exact) mass is 515 g/mol. The first-order chi connectivity index (χ1) is 18.5. The van der Waals surface area contributed by atoms with Crippen LogP contribution in [0.3, 0.4) is 0 Å². The summed E-state index contributed by atoms with van der Waals surface area (Å²) in [5.41, 5.74) is 1.82. The molecule has 38 heavy (non-hydrogen) atoms. The SMILES string of the molecule is CCOc1ccc(C2/C(=C(\O)c3ccc4c(c3)OCCO4)C(=O)C(=O)N2Cc2ccccc2)cc1OCC. The van der Waals surface area contributed by atoms with E-state index in [2.05, 4.69) is 0 Å². The van der Waals surface area contributed by atoms with Gasteiger partial charge in [-0.1, -0.05) is 36.4 Å². The van der Waals surface area contributed by atoms with Crippen molar-refractivity contribution in [3.63, 3.8) is 0 Å². The minimum atomic E-state index is -0.849. The molecule has 1 unspecified atom stereocenters. The number of Topliss-reactive ketones (excluding diaryl/α,β-unsaturated/α-hetero) is 1. The smallest absolute Gasteiger partial charge is 0.295 e. The summed E-state index contributed by atoms with van der Waals surface area (Å²) in [5, 5.41) is 11.5. The second-order valence-corrected chi connectivity index (χ2v) is 8.84. The number of aliphatic hydroxyl groups excluding tert-OH is 1. The molecule has 1 amide bonds. The lowest BCUT2D eigenvalue weighted by Gasteiger charge is -2.26. The van der Waals surface area contributed by atoms with Crippen molar-refractivity contribution in [1.29, 1.82) is 0 Å². The zero-order valence-corrected chi connectivity index (χ0v) is 21.3. The molecule has 3 aromatic carbocycles. The van der Waals surface area contributed by atoms with Gasteiger partial charge in [0.1, 0.15) is 19.0 Å². The minimum Gasteiger partial charge on any atom is -0.507 e. The predicted octanol–water partition coefficient (Wildman–Crippen LogP) is 4.88. The van der Waals surface area contributed by atoms with E-state index >= 15 is 0 Å². The Morgan fingerprint density at radius 1 is 0.895 bits per heavy atom. The van der Waals surface area contributed by atoms with Crippen LogP contribution in [0, 0.1) is 0 Å². The molecule has 8 nitrogen and oxygen atoms in total. The lowest BCUT2D eigenvalue weighted by atomic mass is 9.94. The molecule has 1 N–H and O–H groups in total. The van der Waals surface area contributed by atoms with E-state index in [9.17, 15) is 14.7 Å². The van der Waals surface area contributed by atoms with Crippen molar-refractivity contribution in [2.45, 2.75) is 26.4 Å². The molecule has 1 fully saturated rings. The fourth-order valence-corrected chi connectivity index (χ4v) is 4.75. The number of carbonyl (C=O) groups is 2. The van der Waals surface area contributed by atoms with E-state index in [1.165, 1.54) is 4.90 Å². The summed E-state index contributed by atoms with van der Waals surface area (Å²) in [7, 11) is 0. The summed E-state index contributed by atoms with van der Waals surface area (Å²) in [5.74, 6) is 0.348. The van der Waals surface area contributed by atoms with Crippen LogP contribution in [-0.2, 0) is 16.1 Å². The predicted molar refractivity (Wildman–Crippen MR) is 141 cm³/mol. The number of amides is 1. The Labute approximate surface area is 221 Å². The number of likely N-dealkylation sites (tertiary alicyclic amines) is 1. The number of ketones is 1. The van der Waals surface area contributed by atoms with E-state index in [-0.39, 0.29) is 17.9 Å². The van der Waals surface area contributed by atoms with Gasteiger partial charge in [0.2, 0.25) is 0 Å². The molecule has 0 saturated carbocycles. The van der Waals surface area contributed by atoms with E-state index in [1.807, 2.05) is 44.2 Å². The van der Waals surface area contributed by atoms with Gasteiger partial charge >= 0.3 is 0 Å². The maximum Gasteiger partial charge on any atom is 0.295 e. The van der Waals surface area contributed by atoms with Crippen LogP contribution >= 0.6 is 0 Å². The minimum absolute atomic E-state index is 0.00535. The van der Waals surface area contributed by atoms with Crippen molar-refractivity contribution in [2.75, 3.05) is 26.4 Å². The Kier molecular flexibility index (Phi) is 7.22. The highest BCUT2D eigenvalue weighted by Gasteiger charge is 2.46. The number of hydrogen-bond donors (Lipinski definition) is 1. The van der Waals surface area contributed by atoms with Crippen LogP contribution in [0.25, 0.3) is 5.76 Å². The highest BCUT2D eigenvalue weighted by atomic mass is 16.6. The number of ether oxygens (including phenoxy) is 4. The summed E-state index contributed by atoms with van der Waals surface area (Å²) in [4.78, 5) is 28.3. The molecule has 0 radical (unpaired) electrons. The van der Waals surface area contributed by atoms with Crippen molar-refractivity contribution in [3.05, 3.63) is 89.0 Å². The molecular formula is C30H29NO7. The zero-order valence-electron chi connectivity index (χ0n) is 21.3. The molecule has 5 rings (SSSR count). The number of benzene rings is 3. The van der Waals surface area contributed by atoms with E-state index in [4.69, 9.17) is 18.9 Å². The second kappa shape index (κ2) is 10.9. The molecule has 2 heterocycles. The fraction of sp³-hybridized carbons (Fsp3) is 0.267. The number of hydrogen-bond acceptors (Lipinski definition) is 7. The Bertz CT molecular complexity index is 1380. The van der Waals surface area contributed by atoms with Gasteiger partial charge in [0, 0.05) is 12.1 Å². The van der Waals surface area contributed by atoms with Gasteiger partial charge in [-0.3, -0.25) is 9.59 Å². The van der Waals surface area contributed by atoms with Crippen LogP contribution < -0.4 is 18.9 Å². The van der Waals surface area contributed by atoms with Crippen LogP contribution in [0.1, 0.15) is 36.6 Å². The molecule has 0 spiro atoms. The second-order valence-electron chi connectivity index (χ2n) is 8.84. The summed E-state index contributed by atoms with van der Waals surface area (Å²) >= 11 is 0. The molecule has 3 aromatic rings. The standard InChI is InChI=1S/C30H29NO7/c1-3-35-22-12-10-20(16-24(22)36-4-2)27-26(28(32)21-11-13-23-25(17-21)38-15-14-37-23)29(33)30(34)31(27)18-19-8-6-5-7-9-19/h5-13,16-17,27,32H,3-4,14-15,18H2,1-2H3/b28-26+. The third-order valence-electron chi connectivity index (χ3n) is 6.43. The van der Waals surface area contributed by atoms with Gasteiger partial charge in [-0.05, 0) is 55.3 Å². The van der Waals surface area contributed by atoms with Crippen molar-refractivity contribution in [2.24, 2.45) is 0 Å². The molecule has 2 aliphatic heterocycles. The zero-order chi connectivity index (χ0) is 26.6. The summed E-state index contributed by atoms with van der Waals surface area (Å²) in [6.07, 6.45) is 0. The van der Waals surface area contributed by atoms with Crippen molar-refractivity contribution in [1.82, 2.24) is 4.90 Å². The Morgan fingerprint density at radius 3 is 2.34 bits per heavy atom. The number of nitrogens with zero attached hydrogens (tertiary/aromatic N) is 1. The van der Waals surface area contributed by atoms with E-state index < -0.39 is 17.7 Å². The molecule has 1 atom stereocenters. The highest BCUT2D eigenvalue weighted by Crippen LogP contribution is 2.43. The molecule has 2 aliphatic rings. The quantitative estimate of drug-likeness (QED) is 0.260. The van der Waals surface area contributed by atoms with Gasteiger partial charge in [0.25, 0.3) is 11.7 Å². The number of fused-ring (bicyclic) bond motifs is 1. The average Bonchev–Trinajstić information content (AvgIpc) is 3.19. The summed E-state index contributed by atoms with van der Waals surface area (Å²) in [6.45, 7) is 5.61. The first-order valence-corrected chi connectivity index (χ1v) is 12.6. The van der Waals surface area contributed by atoms with Gasteiger partial charge in [-0.15, -0.1) is 0 Å². The number of carbonyl (C=O) groups excluding carboxylic acids is 2. The highest BCUT2D eigenvalue weighted by molar-refractivity contribution is 6.46. The molecule has 1 saturated heterocycles. The first-order valence-electron chi connectivity index (χ1n) is 12.6. The van der Waals surface area contributed by atoms with Gasteiger partial charge < -0.3 is 29.0 Å². The van der Waals surface area contributed by atoms with Crippen LogP contribution in [0.15, 0.2) is 72.3 Å². The summed E-state index contributed by atoms with van der Waals surface area (Å²) < 4.78 is 22.8. The summed E-state index contributed by atoms with van der Waals surface area (Å²) in [6, 6.07) is 18.8. The van der Waals surface area contributed by atoms with Crippen molar-refractivity contribution < 1.29 is 33.6 Å². The normalized spacial score (nSPS) is 17.9. The van der Waals surface area contributed by atoms with Gasteiger partial charge in [-0.2, -0.15) is 0 Å². The molecule has 0 aromatic heterocycles. The van der Waals surface area contributed by atoms with E-state index in [0.717, 1.165) is 5.56 Å². The topological polar surface area (TPSA) is 94.5 Å². The van der Waals surface area contributed by atoms with Crippen LogP contribution in [-0.4, -0.2) is 48.1 Å². The lowest BCUT2D eigenvalue weighted by molar-refractivity contribution is -0.140. The van der Waals surface area contributed by atoms with E-state index in [0.29, 0.717) is 60.6 Å². The van der Waals surface area contributed by atoms with Crippen LogP contribution in [0.4, 0.5) is 0 Å². The third-order valence-corrected chi connectivity index (χ3v) is 6.43. The number of rotatable bonds is 8. The maximum absolute atomic E-state index is 13.5. The fourth-order valence-electron chi connectivity index (χ4n) is 4.75. The Balaban J connectivity index is 1.65. The number of aliphatic hydroxyl groups is 1. The largest absolute Gasteiger partial charge is 0.507 e. The molecular weight excluding hydrogens is 486 g/mol. The average molecular weight is 516 g/mol. The molecule has 0 aliphatic carbocycles. The Hall–Kier alpha value is -4.46. The lowest BCUT2D eigenvalue weighted by Crippen LogP contribution is -2.29. The third kappa shape index (κ3) is 4.77. The van der Waals surface area contributed by atoms with Gasteiger partial charge in [-0.25, -0.2) is 0 Å². The molecule has 196 valence electrons. The van der Waals surface area contributed by atoms with Crippen LogP contribution in [0.2, 0.25) is 0 Å². The molecule has 8 heteroatoms. The van der Waals surface area contributed by atoms with Crippen LogP contribution in [0.5, 0.6) is 23.0 Å². The van der Waals surface area contributed by atoms with Crippen molar-refractivity contribution in [3.8, 4) is 23.0 Å². The first kappa shape index (κ1) is 25.2. The van der Waals surface area contributed by atoms with Gasteiger partial charge in [0.15, 0.2) is 23.0 Å². The molecule has 0 bridgehead atoms. The van der Waals surface area contributed by atoms with Crippen molar-refractivity contribution >= 4 is 17.4 Å². The maximum atomic E-state index is 13.5.